The second-order valence-corrected chi connectivity index (χ2v) is 5.64. The molecule has 0 saturated heterocycles. The van der Waals surface area contributed by atoms with Crippen LogP contribution in [0.4, 0.5) is 5.13 Å². The maximum absolute atomic E-state index is 4.12. The van der Waals surface area contributed by atoms with Crippen molar-refractivity contribution in [2.45, 2.75) is 17.7 Å². The molecular weight excluding hydrogens is 228 g/mol. The standard InChI is InChI=1S/C9H18N4S2/c1-4-5-10-6-7-14-9-12-11-8(15-9)13(2)3/h10H,4-7H2,1-3H3. The average Bonchev–Trinajstić information content (AvgIpc) is 2.66. The van der Waals surface area contributed by atoms with Crippen molar-refractivity contribution >= 4 is 28.2 Å². The van der Waals surface area contributed by atoms with Crippen LogP contribution in [-0.2, 0) is 0 Å². The Balaban J connectivity index is 2.20. The van der Waals surface area contributed by atoms with Gasteiger partial charge in [0.1, 0.15) is 0 Å². The van der Waals surface area contributed by atoms with Gasteiger partial charge >= 0.3 is 0 Å². The van der Waals surface area contributed by atoms with Crippen LogP contribution < -0.4 is 10.2 Å². The first-order valence-electron chi connectivity index (χ1n) is 5.08. The van der Waals surface area contributed by atoms with Crippen molar-refractivity contribution in [3.8, 4) is 0 Å². The van der Waals surface area contributed by atoms with Crippen LogP contribution in [0.25, 0.3) is 0 Å². The molecule has 0 aliphatic rings. The normalized spacial score (nSPS) is 10.6. The second kappa shape index (κ2) is 7.03. The van der Waals surface area contributed by atoms with E-state index < -0.39 is 0 Å². The van der Waals surface area contributed by atoms with Crippen molar-refractivity contribution < 1.29 is 0 Å². The van der Waals surface area contributed by atoms with Crippen LogP contribution in [0.15, 0.2) is 4.34 Å². The molecule has 0 bridgehead atoms. The van der Waals surface area contributed by atoms with E-state index in [0.29, 0.717) is 0 Å². The van der Waals surface area contributed by atoms with Gasteiger partial charge in [0.25, 0.3) is 0 Å². The molecule has 0 aromatic carbocycles. The molecule has 0 aliphatic carbocycles. The lowest BCUT2D eigenvalue weighted by molar-refractivity contribution is 0.707. The van der Waals surface area contributed by atoms with Crippen LogP contribution in [-0.4, -0.2) is 43.1 Å². The highest BCUT2D eigenvalue weighted by Crippen LogP contribution is 2.26. The third-order valence-electron chi connectivity index (χ3n) is 1.71. The highest BCUT2D eigenvalue weighted by atomic mass is 32.2. The molecule has 4 nitrogen and oxygen atoms in total. The first-order valence-corrected chi connectivity index (χ1v) is 6.88. The van der Waals surface area contributed by atoms with E-state index >= 15 is 0 Å². The predicted molar refractivity (Wildman–Crippen MR) is 68.1 cm³/mol. The highest BCUT2D eigenvalue weighted by Gasteiger charge is 2.05. The summed E-state index contributed by atoms with van der Waals surface area (Å²) >= 11 is 3.41. The third kappa shape index (κ3) is 4.81. The fraction of sp³-hybridized carbons (Fsp3) is 0.778. The minimum absolute atomic E-state index is 0.971. The number of rotatable bonds is 7. The van der Waals surface area contributed by atoms with E-state index in [4.69, 9.17) is 0 Å². The second-order valence-electron chi connectivity index (χ2n) is 3.34. The molecular formula is C9H18N4S2. The van der Waals surface area contributed by atoms with Gasteiger partial charge in [-0.25, -0.2) is 0 Å². The smallest absolute Gasteiger partial charge is 0.208 e. The molecule has 6 heteroatoms. The molecule has 0 amide bonds. The van der Waals surface area contributed by atoms with Gasteiger partial charge in [-0.05, 0) is 13.0 Å². The third-order valence-corrected chi connectivity index (χ3v) is 3.94. The zero-order valence-electron chi connectivity index (χ0n) is 9.49. The average molecular weight is 246 g/mol. The zero-order valence-corrected chi connectivity index (χ0v) is 11.1. The number of thioether (sulfide) groups is 1. The number of hydrogen-bond acceptors (Lipinski definition) is 6. The van der Waals surface area contributed by atoms with E-state index in [-0.39, 0.29) is 0 Å². The summed E-state index contributed by atoms with van der Waals surface area (Å²) in [4.78, 5) is 1.98. The van der Waals surface area contributed by atoms with Crippen molar-refractivity contribution in [3.63, 3.8) is 0 Å². The van der Waals surface area contributed by atoms with Gasteiger partial charge in [-0.3, -0.25) is 0 Å². The van der Waals surface area contributed by atoms with Crippen molar-refractivity contribution in [1.29, 1.82) is 0 Å². The summed E-state index contributed by atoms with van der Waals surface area (Å²) in [5.74, 6) is 1.06. The Labute approximate surface area is 99.5 Å². The van der Waals surface area contributed by atoms with E-state index in [2.05, 4.69) is 22.4 Å². The van der Waals surface area contributed by atoms with Gasteiger partial charge in [-0.15, -0.1) is 10.2 Å². The van der Waals surface area contributed by atoms with Gasteiger partial charge in [0.05, 0.1) is 0 Å². The summed E-state index contributed by atoms with van der Waals surface area (Å²) in [6.45, 7) is 4.31. The number of anilines is 1. The minimum atomic E-state index is 0.971. The van der Waals surface area contributed by atoms with Crippen molar-refractivity contribution in [2.24, 2.45) is 0 Å². The molecule has 0 aliphatic heterocycles. The summed E-state index contributed by atoms with van der Waals surface area (Å²) in [7, 11) is 3.97. The van der Waals surface area contributed by atoms with Gasteiger partial charge in [0.2, 0.25) is 5.13 Å². The van der Waals surface area contributed by atoms with E-state index in [9.17, 15) is 0 Å². The lowest BCUT2D eigenvalue weighted by atomic mass is 10.5. The molecule has 1 aromatic heterocycles. The van der Waals surface area contributed by atoms with Crippen LogP contribution in [0.1, 0.15) is 13.3 Å². The molecule has 1 heterocycles. The Morgan fingerprint density at radius 2 is 2.13 bits per heavy atom. The molecule has 0 radical (unpaired) electrons. The Hall–Kier alpha value is -0.330. The molecule has 0 spiro atoms. The first kappa shape index (κ1) is 12.7. The van der Waals surface area contributed by atoms with E-state index in [0.717, 1.165) is 28.3 Å². The van der Waals surface area contributed by atoms with E-state index in [1.165, 1.54) is 6.42 Å². The van der Waals surface area contributed by atoms with Crippen molar-refractivity contribution in [1.82, 2.24) is 15.5 Å². The van der Waals surface area contributed by atoms with Gasteiger partial charge < -0.3 is 10.2 Å². The number of nitrogens with zero attached hydrogens (tertiary/aromatic N) is 3. The monoisotopic (exact) mass is 246 g/mol. The van der Waals surface area contributed by atoms with Gasteiger partial charge in [-0.2, -0.15) is 0 Å². The number of nitrogens with one attached hydrogen (secondary N) is 1. The topological polar surface area (TPSA) is 41.1 Å². The predicted octanol–water partition coefficient (Wildman–Crippen LogP) is 1.70. The summed E-state index contributed by atoms with van der Waals surface area (Å²) in [5, 5.41) is 12.5. The molecule has 15 heavy (non-hydrogen) atoms. The van der Waals surface area contributed by atoms with E-state index in [1.54, 1.807) is 23.1 Å². The molecule has 1 aromatic rings. The number of hydrogen-bond donors (Lipinski definition) is 1. The molecule has 0 saturated carbocycles. The maximum Gasteiger partial charge on any atom is 0.208 e. The van der Waals surface area contributed by atoms with E-state index in [1.807, 2.05) is 19.0 Å². The largest absolute Gasteiger partial charge is 0.353 e. The first-order chi connectivity index (χ1) is 7.24. The van der Waals surface area contributed by atoms with Crippen LogP contribution in [0.2, 0.25) is 0 Å². The van der Waals surface area contributed by atoms with Gasteiger partial charge in [0, 0.05) is 26.4 Å². The fourth-order valence-electron chi connectivity index (χ4n) is 0.954. The van der Waals surface area contributed by atoms with Gasteiger partial charge in [0.15, 0.2) is 4.34 Å². The molecule has 86 valence electrons. The Morgan fingerprint density at radius 3 is 2.73 bits per heavy atom. The van der Waals surface area contributed by atoms with Crippen molar-refractivity contribution in [3.05, 3.63) is 0 Å². The Morgan fingerprint density at radius 1 is 1.33 bits per heavy atom. The van der Waals surface area contributed by atoms with Crippen LogP contribution >= 0.6 is 23.1 Å². The summed E-state index contributed by atoms with van der Waals surface area (Å²) in [6.07, 6.45) is 1.19. The molecule has 1 N–H and O–H groups in total. The summed E-state index contributed by atoms with van der Waals surface area (Å²) < 4.78 is 1.05. The number of aromatic nitrogens is 2. The van der Waals surface area contributed by atoms with Crippen LogP contribution in [0.5, 0.6) is 0 Å². The molecule has 0 atom stereocenters. The van der Waals surface area contributed by atoms with Crippen LogP contribution in [0.3, 0.4) is 0 Å². The maximum atomic E-state index is 4.12. The minimum Gasteiger partial charge on any atom is -0.353 e. The zero-order chi connectivity index (χ0) is 11.1. The SMILES string of the molecule is CCCNCCSc1nnc(N(C)C)s1. The lowest BCUT2D eigenvalue weighted by Crippen LogP contribution is -2.17. The summed E-state index contributed by atoms with van der Waals surface area (Å²) in [6, 6.07) is 0. The summed E-state index contributed by atoms with van der Waals surface area (Å²) in [5.41, 5.74) is 0. The van der Waals surface area contributed by atoms with Crippen molar-refractivity contribution in [2.75, 3.05) is 37.8 Å². The fourth-order valence-corrected chi connectivity index (χ4v) is 2.68. The van der Waals surface area contributed by atoms with Crippen LogP contribution in [0, 0.1) is 0 Å². The molecule has 0 fully saturated rings. The lowest BCUT2D eigenvalue weighted by Gasteiger charge is -2.03. The quantitative estimate of drug-likeness (QED) is 0.586. The Kier molecular flexibility index (Phi) is 5.97. The highest BCUT2D eigenvalue weighted by molar-refractivity contribution is 8.01. The molecule has 0 unspecified atom stereocenters. The molecule has 1 rings (SSSR count). The van der Waals surface area contributed by atoms with Gasteiger partial charge in [-0.1, -0.05) is 30.0 Å². The Bertz CT molecular complexity index is 275.